The molecule has 1 heterocycles. The quantitative estimate of drug-likeness (QED) is 0.839. The number of hydrogen-bond acceptors (Lipinski definition) is 5. The van der Waals surface area contributed by atoms with Gasteiger partial charge in [-0.05, 0) is 34.1 Å². The topological polar surface area (TPSA) is 75.6 Å². The smallest absolute Gasteiger partial charge is 0.264 e. The number of hydrogen-bond donors (Lipinski definition) is 2. The molecular weight excluding hydrogens is 366 g/mol. The van der Waals surface area contributed by atoms with E-state index in [1.807, 2.05) is 0 Å². The lowest BCUT2D eigenvalue weighted by atomic mass is 10.3. The zero-order valence-corrected chi connectivity index (χ0v) is 13.7. The molecule has 0 aliphatic heterocycles. The van der Waals surface area contributed by atoms with Gasteiger partial charge in [-0.1, -0.05) is 12.1 Å². The zero-order valence-electron chi connectivity index (χ0n) is 10.5. The van der Waals surface area contributed by atoms with Crippen LogP contribution < -0.4 is 9.46 Å². The Kier molecular flexibility index (Phi) is 4.69. The highest BCUT2D eigenvalue weighted by Gasteiger charge is 2.22. The number of methoxy groups -OCH3 is 1. The fraction of sp³-hybridized carbons (Fsp3) is 0.167. The van der Waals surface area contributed by atoms with Crippen LogP contribution in [0.15, 0.2) is 39.0 Å². The van der Waals surface area contributed by atoms with E-state index in [1.165, 1.54) is 24.5 Å². The third-order valence-corrected chi connectivity index (χ3v) is 6.11. The van der Waals surface area contributed by atoms with Gasteiger partial charge in [0, 0.05) is 4.88 Å². The van der Waals surface area contributed by atoms with Crippen molar-refractivity contribution < 1.29 is 18.3 Å². The molecule has 2 rings (SSSR count). The fourth-order valence-corrected chi connectivity index (χ4v) is 5.20. The molecule has 108 valence electrons. The number of para-hydroxylation sites is 2. The van der Waals surface area contributed by atoms with Crippen LogP contribution >= 0.6 is 27.3 Å². The summed E-state index contributed by atoms with van der Waals surface area (Å²) < 4.78 is 32.7. The van der Waals surface area contributed by atoms with Crippen LogP contribution in [0, 0.1) is 0 Å². The van der Waals surface area contributed by atoms with Crippen LogP contribution in [-0.4, -0.2) is 20.6 Å². The Balaban J connectivity index is 2.38. The third kappa shape index (κ3) is 3.14. The highest BCUT2D eigenvalue weighted by atomic mass is 79.9. The molecule has 0 saturated heterocycles. The number of sulfonamides is 1. The fourth-order valence-electron chi connectivity index (χ4n) is 1.59. The maximum Gasteiger partial charge on any atom is 0.264 e. The van der Waals surface area contributed by atoms with E-state index in [4.69, 9.17) is 9.84 Å². The third-order valence-electron chi connectivity index (χ3n) is 2.50. The van der Waals surface area contributed by atoms with Crippen LogP contribution in [0.2, 0.25) is 0 Å². The van der Waals surface area contributed by atoms with Gasteiger partial charge in [0.25, 0.3) is 10.0 Å². The number of rotatable bonds is 5. The molecule has 0 saturated carbocycles. The van der Waals surface area contributed by atoms with Crippen LogP contribution in [0.3, 0.4) is 0 Å². The van der Waals surface area contributed by atoms with Gasteiger partial charge in [-0.2, -0.15) is 0 Å². The lowest BCUT2D eigenvalue weighted by Crippen LogP contribution is -2.13. The van der Waals surface area contributed by atoms with Crippen molar-refractivity contribution in [1.82, 2.24) is 0 Å². The van der Waals surface area contributed by atoms with Gasteiger partial charge in [0.1, 0.15) is 10.6 Å². The van der Waals surface area contributed by atoms with Crippen LogP contribution in [-0.2, 0) is 16.6 Å². The highest BCUT2D eigenvalue weighted by molar-refractivity contribution is 9.11. The predicted octanol–water partition coefficient (Wildman–Crippen LogP) is 2.81. The number of halogens is 1. The number of aliphatic hydroxyl groups is 1. The summed E-state index contributed by atoms with van der Waals surface area (Å²) in [6.45, 7) is -0.201. The predicted molar refractivity (Wildman–Crippen MR) is 81.7 cm³/mol. The highest BCUT2D eigenvalue weighted by Crippen LogP contribution is 2.34. The molecule has 0 radical (unpaired) electrons. The van der Waals surface area contributed by atoms with Gasteiger partial charge >= 0.3 is 0 Å². The van der Waals surface area contributed by atoms with Crippen molar-refractivity contribution in [3.05, 3.63) is 39.0 Å². The second kappa shape index (κ2) is 6.13. The molecule has 1 aromatic carbocycles. The first kappa shape index (κ1) is 15.3. The average Bonchev–Trinajstić information content (AvgIpc) is 2.81. The standard InChI is InChI=1S/C12H12BrNO4S2/c1-18-10-5-3-2-4-9(10)14-20(16,17)11-6-8(7-15)19-12(11)13/h2-6,14-15H,7H2,1H3. The summed E-state index contributed by atoms with van der Waals surface area (Å²) >= 11 is 4.38. The second-order valence-corrected chi connectivity index (χ2v) is 7.92. The van der Waals surface area contributed by atoms with Gasteiger partial charge in [-0.3, -0.25) is 4.72 Å². The van der Waals surface area contributed by atoms with E-state index in [9.17, 15) is 8.42 Å². The number of aliphatic hydroxyl groups excluding tert-OH is 1. The number of anilines is 1. The maximum atomic E-state index is 12.3. The zero-order chi connectivity index (χ0) is 14.8. The minimum atomic E-state index is -3.74. The summed E-state index contributed by atoms with van der Waals surface area (Å²) in [7, 11) is -2.27. The van der Waals surface area contributed by atoms with Crippen molar-refractivity contribution in [2.75, 3.05) is 11.8 Å². The summed E-state index contributed by atoms with van der Waals surface area (Å²) in [5, 5.41) is 9.07. The first-order valence-electron chi connectivity index (χ1n) is 5.53. The minimum absolute atomic E-state index is 0.0949. The van der Waals surface area contributed by atoms with Crippen molar-refractivity contribution in [3.63, 3.8) is 0 Å². The Morgan fingerprint density at radius 2 is 2.10 bits per heavy atom. The van der Waals surface area contributed by atoms with Crippen LogP contribution in [0.5, 0.6) is 5.75 Å². The summed E-state index contributed by atoms with van der Waals surface area (Å²) in [6, 6.07) is 8.18. The van der Waals surface area contributed by atoms with Gasteiger partial charge in [0.05, 0.1) is 23.2 Å². The van der Waals surface area contributed by atoms with Gasteiger partial charge in [-0.15, -0.1) is 11.3 Å². The summed E-state index contributed by atoms with van der Waals surface area (Å²) in [5.41, 5.74) is 0.360. The molecule has 0 fully saturated rings. The molecule has 0 spiro atoms. The maximum absolute atomic E-state index is 12.3. The van der Waals surface area contributed by atoms with E-state index in [0.717, 1.165) is 0 Å². The van der Waals surface area contributed by atoms with Crippen LogP contribution in [0.25, 0.3) is 0 Å². The molecular formula is C12H12BrNO4S2. The SMILES string of the molecule is COc1ccccc1NS(=O)(=O)c1cc(CO)sc1Br. The largest absolute Gasteiger partial charge is 0.495 e. The van der Waals surface area contributed by atoms with Gasteiger partial charge in [-0.25, -0.2) is 8.42 Å². The van der Waals surface area contributed by atoms with Crippen molar-refractivity contribution in [1.29, 1.82) is 0 Å². The van der Waals surface area contributed by atoms with E-state index >= 15 is 0 Å². The first-order chi connectivity index (χ1) is 9.47. The molecule has 0 aliphatic rings. The number of benzene rings is 1. The van der Waals surface area contributed by atoms with E-state index in [0.29, 0.717) is 20.1 Å². The van der Waals surface area contributed by atoms with Crippen molar-refractivity contribution >= 4 is 43.0 Å². The molecule has 0 bridgehead atoms. The summed E-state index contributed by atoms with van der Waals surface area (Å²) in [4.78, 5) is 0.662. The average molecular weight is 378 g/mol. The number of ether oxygens (including phenoxy) is 1. The molecule has 20 heavy (non-hydrogen) atoms. The molecule has 0 atom stereocenters. The van der Waals surface area contributed by atoms with Gasteiger partial charge in [0.15, 0.2) is 0 Å². The van der Waals surface area contributed by atoms with Crippen molar-refractivity contribution in [3.8, 4) is 5.75 Å². The van der Waals surface area contributed by atoms with E-state index in [1.54, 1.807) is 24.3 Å². The van der Waals surface area contributed by atoms with Gasteiger partial charge < -0.3 is 9.84 Å². The Labute approximate surface area is 129 Å². The first-order valence-corrected chi connectivity index (χ1v) is 8.62. The van der Waals surface area contributed by atoms with Crippen molar-refractivity contribution in [2.24, 2.45) is 0 Å². The normalized spacial score (nSPS) is 11.3. The monoisotopic (exact) mass is 377 g/mol. The van der Waals surface area contributed by atoms with Gasteiger partial charge in [0.2, 0.25) is 0 Å². The van der Waals surface area contributed by atoms with E-state index < -0.39 is 10.0 Å². The number of nitrogens with one attached hydrogen (secondary N) is 1. The minimum Gasteiger partial charge on any atom is -0.495 e. The molecule has 2 aromatic rings. The van der Waals surface area contributed by atoms with Crippen LogP contribution in [0.4, 0.5) is 5.69 Å². The Hall–Kier alpha value is -1.09. The Bertz CT molecular complexity index is 712. The van der Waals surface area contributed by atoms with Crippen LogP contribution in [0.1, 0.15) is 4.88 Å². The molecule has 0 unspecified atom stereocenters. The molecule has 0 aliphatic carbocycles. The number of thiophene rings is 1. The molecule has 2 N–H and O–H groups in total. The van der Waals surface area contributed by atoms with Crippen molar-refractivity contribution in [2.45, 2.75) is 11.5 Å². The second-order valence-electron chi connectivity index (χ2n) is 3.81. The van der Waals surface area contributed by atoms with E-state index in [-0.39, 0.29) is 11.5 Å². The Morgan fingerprint density at radius 3 is 2.70 bits per heavy atom. The molecule has 8 heteroatoms. The van der Waals surface area contributed by atoms with E-state index in [2.05, 4.69) is 20.7 Å². The molecule has 1 aromatic heterocycles. The summed E-state index contributed by atoms with van der Waals surface area (Å²) in [5.74, 6) is 0.435. The molecule has 5 nitrogen and oxygen atoms in total. The lowest BCUT2D eigenvalue weighted by molar-refractivity contribution is 0.285. The Morgan fingerprint density at radius 1 is 1.40 bits per heavy atom. The molecule has 0 amide bonds. The lowest BCUT2D eigenvalue weighted by Gasteiger charge is -2.10. The summed E-state index contributed by atoms with van der Waals surface area (Å²) in [6.07, 6.45) is 0.